The van der Waals surface area contributed by atoms with Crippen molar-refractivity contribution in [2.75, 3.05) is 6.54 Å². The molecule has 6 heteroatoms. The summed E-state index contributed by atoms with van der Waals surface area (Å²) in [5.74, 6) is 0.138. The van der Waals surface area contributed by atoms with Crippen molar-refractivity contribution >= 4 is 5.91 Å². The number of rotatable bonds is 8. The monoisotopic (exact) mass is 253 g/mol. The number of hydrogen-bond donors (Lipinski definition) is 2. The number of nitrogens with two attached hydrogens (primary N) is 1. The minimum absolute atomic E-state index is 0.0412. The van der Waals surface area contributed by atoms with Gasteiger partial charge in [-0.05, 0) is 19.8 Å². The number of nitrogens with one attached hydrogen (secondary N) is 1. The largest absolute Gasteiger partial charge is 0.354 e. The predicted molar refractivity (Wildman–Crippen MR) is 69.7 cm³/mol. The van der Waals surface area contributed by atoms with Crippen LogP contribution < -0.4 is 11.1 Å². The van der Waals surface area contributed by atoms with Gasteiger partial charge >= 0.3 is 0 Å². The summed E-state index contributed by atoms with van der Waals surface area (Å²) in [4.78, 5) is 11.8. The first kappa shape index (κ1) is 14.6. The average molecular weight is 253 g/mol. The van der Waals surface area contributed by atoms with Gasteiger partial charge in [-0.25, -0.2) is 0 Å². The van der Waals surface area contributed by atoms with E-state index in [-0.39, 0.29) is 17.9 Å². The van der Waals surface area contributed by atoms with E-state index >= 15 is 0 Å². The number of hydrogen-bond acceptors (Lipinski definition) is 4. The SMILES string of the molecule is CC(N)CCCC(C)C(=O)NCCn1ccnn1. The zero-order chi connectivity index (χ0) is 13.4. The molecular weight excluding hydrogens is 230 g/mol. The summed E-state index contributed by atoms with van der Waals surface area (Å²) >= 11 is 0. The Hall–Kier alpha value is -1.43. The lowest BCUT2D eigenvalue weighted by Crippen LogP contribution is -2.32. The molecule has 0 fully saturated rings. The molecule has 0 aliphatic heterocycles. The molecule has 0 aliphatic rings. The fourth-order valence-electron chi connectivity index (χ4n) is 1.70. The van der Waals surface area contributed by atoms with Gasteiger partial charge in [-0.1, -0.05) is 18.6 Å². The van der Waals surface area contributed by atoms with Crippen LogP contribution in [0.3, 0.4) is 0 Å². The van der Waals surface area contributed by atoms with Gasteiger partial charge in [0, 0.05) is 24.7 Å². The van der Waals surface area contributed by atoms with E-state index in [1.165, 1.54) is 0 Å². The normalized spacial score (nSPS) is 14.2. The second kappa shape index (κ2) is 7.81. The first-order chi connectivity index (χ1) is 8.59. The van der Waals surface area contributed by atoms with Crippen molar-refractivity contribution in [2.24, 2.45) is 11.7 Å². The number of carbonyl (C=O) groups is 1. The van der Waals surface area contributed by atoms with E-state index < -0.39 is 0 Å². The zero-order valence-electron chi connectivity index (χ0n) is 11.2. The maximum atomic E-state index is 11.8. The molecule has 102 valence electrons. The highest BCUT2D eigenvalue weighted by molar-refractivity contribution is 5.78. The van der Waals surface area contributed by atoms with E-state index in [0.29, 0.717) is 13.1 Å². The summed E-state index contributed by atoms with van der Waals surface area (Å²) < 4.78 is 1.70. The van der Waals surface area contributed by atoms with E-state index in [4.69, 9.17) is 5.73 Å². The Labute approximate surface area is 108 Å². The Morgan fingerprint density at radius 3 is 2.83 bits per heavy atom. The Morgan fingerprint density at radius 1 is 1.44 bits per heavy atom. The molecule has 3 N–H and O–H groups in total. The molecule has 1 amide bonds. The molecule has 0 radical (unpaired) electrons. The lowest BCUT2D eigenvalue weighted by Gasteiger charge is -2.12. The van der Waals surface area contributed by atoms with Crippen LogP contribution in [0.25, 0.3) is 0 Å². The molecule has 2 unspecified atom stereocenters. The van der Waals surface area contributed by atoms with Crippen molar-refractivity contribution in [3.8, 4) is 0 Å². The molecule has 6 nitrogen and oxygen atoms in total. The maximum absolute atomic E-state index is 11.8. The Morgan fingerprint density at radius 2 is 2.22 bits per heavy atom. The van der Waals surface area contributed by atoms with E-state index in [9.17, 15) is 4.79 Å². The third-order valence-electron chi connectivity index (χ3n) is 2.86. The molecule has 1 aromatic rings. The van der Waals surface area contributed by atoms with Gasteiger partial charge in [0.1, 0.15) is 0 Å². The zero-order valence-corrected chi connectivity index (χ0v) is 11.2. The van der Waals surface area contributed by atoms with Crippen molar-refractivity contribution in [3.05, 3.63) is 12.4 Å². The highest BCUT2D eigenvalue weighted by Gasteiger charge is 2.12. The summed E-state index contributed by atoms with van der Waals surface area (Å²) in [6.45, 7) is 5.17. The number of nitrogens with zero attached hydrogens (tertiary/aromatic N) is 3. The van der Waals surface area contributed by atoms with Crippen LogP contribution in [0.5, 0.6) is 0 Å². The summed E-state index contributed by atoms with van der Waals surface area (Å²) in [6, 6.07) is 0.215. The quantitative estimate of drug-likeness (QED) is 0.708. The molecule has 18 heavy (non-hydrogen) atoms. The molecular formula is C12H23N5O. The molecule has 0 saturated heterocycles. The minimum atomic E-state index is 0.0412. The van der Waals surface area contributed by atoms with Gasteiger partial charge < -0.3 is 11.1 Å². The number of amides is 1. The van der Waals surface area contributed by atoms with E-state index in [1.807, 2.05) is 13.8 Å². The van der Waals surface area contributed by atoms with Gasteiger partial charge in [-0.15, -0.1) is 5.10 Å². The molecule has 0 aliphatic carbocycles. The van der Waals surface area contributed by atoms with Gasteiger partial charge in [0.2, 0.25) is 5.91 Å². The van der Waals surface area contributed by atoms with Crippen LogP contribution >= 0.6 is 0 Å². The Kier molecular flexibility index (Phi) is 6.35. The molecule has 0 spiro atoms. The van der Waals surface area contributed by atoms with Crippen LogP contribution in [0.15, 0.2) is 12.4 Å². The van der Waals surface area contributed by atoms with Crippen LogP contribution in [0, 0.1) is 5.92 Å². The molecule has 1 rings (SSSR count). The van der Waals surface area contributed by atoms with E-state index in [1.54, 1.807) is 17.1 Å². The van der Waals surface area contributed by atoms with Crippen molar-refractivity contribution in [2.45, 2.75) is 45.7 Å². The first-order valence-electron chi connectivity index (χ1n) is 6.47. The second-order valence-corrected chi connectivity index (χ2v) is 4.77. The summed E-state index contributed by atoms with van der Waals surface area (Å²) in [5.41, 5.74) is 5.67. The van der Waals surface area contributed by atoms with Gasteiger partial charge in [0.05, 0.1) is 12.7 Å². The summed E-state index contributed by atoms with van der Waals surface area (Å²) in [7, 11) is 0. The summed E-state index contributed by atoms with van der Waals surface area (Å²) in [6.07, 6.45) is 6.25. The van der Waals surface area contributed by atoms with Crippen molar-refractivity contribution in [1.82, 2.24) is 20.3 Å². The average Bonchev–Trinajstić information content (AvgIpc) is 2.81. The standard InChI is InChI=1S/C12H23N5O/c1-10(4-3-5-11(2)13)12(18)14-6-8-17-9-7-15-16-17/h7,9-11H,3-6,8,13H2,1-2H3,(H,14,18). The van der Waals surface area contributed by atoms with Crippen molar-refractivity contribution < 1.29 is 4.79 Å². The molecule has 1 heterocycles. The van der Waals surface area contributed by atoms with E-state index in [2.05, 4.69) is 15.6 Å². The van der Waals surface area contributed by atoms with E-state index in [0.717, 1.165) is 19.3 Å². The first-order valence-corrected chi connectivity index (χ1v) is 6.47. The van der Waals surface area contributed by atoms with Crippen molar-refractivity contribution in [1.29, 1.82) is 0 Å². The molecule has 1 aromatic heterocycles. The fourth-order valence-corrected chi connectivity index (χ4v) is 1.70. The predicted octanol–water partition coefficient (Wildman–Crippen LogP) is 0.548. The van der Waals surface area contributed by atoms with Crippen LogP contribution in [-0.4, -0.2) is 33.5 Å². The Balaban J connectivity index is 2.11. The minimum Gasteiger partial charge on any atom is -0.354 e. The molecule has 0 aromatic carbocycles. The highest BCUT2D eigenvalue weighted by Crippen LogP contribution is 2.08. The smallest absolute Gasteiger partial charge is 0.222 e. The van der Waals surface area contributed by atoms with Crippen LogP contribution in [0.2, 0.25) is 0 Å². The van der Waals surface area contributed by atoms with Gasteiger partial charge in [-0.2, -0.15) is 0 Å². The van der Waals surface area contributed by atoms with Crippen LogP contribution in [0.1, 0.15) is 33.1 Å². The Bertz CT molecular complexity index is 336. The van der Waals surface area contributed by atoms with Gasteiger partial charge in [0.15, 0.2) is 0 Å². The second-order valence-electron chi connectivity index (χ2n) is 4.77. The topological polar surface area (TPSA) is 85.8 Å². The van der Waals surface area contributed by atoms with Crippen LogP contribution in [0.4, 0.5) is 0 Å². The lowest BCUT2D eigenvalue weighted by atomic mass is 10.0. The van der Waals surface area contributed by atoms with Gasteiger partial charge in [-0.3, -0.25) is 9.48 Å². The maximum Gasteiger partial charge on any atom is 0.222 e. The fraction of sp³-hybridized carbons (Fsp3) is 0.750. The highest BCUT2D eigenvalue weighted by atomic mass is 16.1. The van der Waals surface area contributed by atoms with Crippen LogP contribution in [-0.2, 0) is 11.3 Å². The molecule has 2 atom stereocenters. The number of carbonyl (C=O) groups excluding carboxylic acids is 1. The third-order valence-corrected chi connectivity index (χ3v) is 2.86. The molecule has 0 bridgehead atoms. The third kappa shape index (κ3) is 5.77. The van der Waals surface area contributed by atoms with Gasteiger partial charge in [0.25, 0.3) is 0 Å². The lowest BCUT2D eigenvalue weighted by molar-refractivity contribution is -0.124. The number of aromatic nitrogens is 3. The van der Waals surface area contributed by atoms with Crippen molar-refractivity contribution in [3.63, 3.8) is 0 Å². The summed E-state index contributed by atoms with van der Waals surface area (Å²) in [5, 5.41) is 10.4. The molecule has 0 saturated carbocycles.